The van der Waals surface area contributed by atoms with Crippen molar-refractivity contribution in [1.82, 2.24) is 0 Å². The zero-order valence-corrected chi connectivity index (χ0v) is 19.1. The summed E-state index contributed by atoms with van der Waals surface area (Å²) in [6, 6.07) is 6.69. The maximum atomic E-state index is 12.4. The molecule has 1 atom stereocenters. The number of aryl methyl sites for hydroxylation is 1. The van der Waals surface area contributed by atoms with Gasteiger partial charge in [-0.25, -0.2) is 0 Å². The predicted octanol–water partition coefficient (Wildman–Crippen LogP) is 7.74. The summed E-state index contributed by atoms with van der Waals surface area (Å²) in [7, 11) is 0. The number of rotatable bonds is 5. The second-order valence-corrected chi connectivity index (χ2v) is 10.2. The van der Waals surface area contributed by atoms with E-state index in [0.29, 0.717) is 11.8 Å². The third-order valence-electron chi connectivity index (χ3n) is 6.81. The lowest BCUT2D eigenvalue weighted by molar-refractivity contribution is -0.165. The molecule has 0 radical (unpaired) electrons. The van der Waals surface area contributed by atoms with Gasteiger partial charge in [0.2, 0.25) is 0 Å². The molecule has 1 fully saturated rings. The van der Waals surface area contributed by atoms with Crippen molar-refractivity contribution in [3.8, 4) is 0 Å². The van der Waals surface area contributed by atoms with Crippen molar-refractivity contribution in [3.63, 3.8) is 0 Å². The number of hydrogen-bond acceptors (Lipinski definition) is 2. The normalized spacial score (nSPS) is 24.7. The van der Waals surface area contributed by atoms with Crippen LogP contribution in [0.15, 0.2) is 35.3 Å². The van der Waals surface area contributed by atoms with Crippen molar-refractivity contribution in [2.45, 2.75) is 84.7 Å². The Morgan fingerprint density at radius 3 is 2.39 bits per heavy atom. The molecule has 0 spiro atoms. The quantitative estimate of drug-likeness (QED) is 0.437. The fourth-order valence-electron chi connectivity index (χ4n) is 4.81. The van der Waals surface area contributed by atoms with Crippen LogP contribution in [-0.4, -0.2) is 17.7 Å². The lowest BCUT2D eigenvalue weighted by Gasteiger charge is -2.35. The Labute approximate surface area is 184 Å². The molecule has 0 bridgehead atoms. The standard InChI is InChI=1S/C26H34F3NO/c1-5-17-10-12-21-20(16-23(25(2,3)4)30-22(21)15-17)14-19-8-6-18(7-9-19)11-13-24(31)26(27,28)29/h10-13,15,18-20H,5-9,14,16H2,1-4H3/b13-11-. The average molecular weight is 434 g/mol. The molecular weight excluding hydrogens is 399 g/mol. The molecule has 1 unspecified atom stereocenters. The molecule has 1 aromatic carbocycles. The van der Waals surface area contributed by atoms with Crippen LogP contribution in [0.1, 0.15) is 83.3 Å². The number of allylic oxidation sites excluding steroid dienone is 2. The van der Waals surface area contributed by atoms with Gasteiger partial charge in [-0.3, -0.25) is 9.79 Å². The first kappa shape index (κ1) is 23.7. The first-order chi connectivity index (χ1) is 14.5. The van der Waals surface area contributed by atoms with E-state index in [2.05, 4.69) is 45.9 Å². The van der Waals surface area contributed by atoms with Gasteiger partial charge in [0, 0.05) is 11.1 Å². The topological polar surface area (TPSA) is 29.4 Å². The van der Waals surface area contributed by atoms with Crippen LogP contribution in [0.25, 0.3) is 0 Å². The van der Waals surface area contributed by atoms with E-state index in [9.17, 15) is 18.0 Å². The van der Waals surface area contributed by atoms with Crippen molar-refractivity contribution in [2.24, 2.45) is 22.2 Å². The minimum absolute atomic E-state index is 0.0334. The Balaban J connectivity index is 1.66. The molecule has 2 aliphatic rings. The Morgan fingerprint density at radius 2 is 1.81 bits per heavy atom. The summed E-state index contributed by atoms with van der Waals surface area (Å²) >= 11 is 0. The van der Waals surface area contributed by atoms with Gasteiger partial charge in [0.05, 0.1) is 5.69 Å². The Hall–Kier alpha value is -1.91. The van der Waals surface area contributed by atoms with Crippen molar-refractivity contribution in [2.75, 3.05) is 0 Å². The number of aliphatic imine (C=N–C) groups is 1. The van der Waals surface area contributed by atoms with E-state index in [4.69, 9.17) is 4.99 Å². The number of alkyl halides is 3. The highest BCUT2D eigenvalue weighted by atomic mass is 19.4. The highest BCUT2D eigenvalue weighted by Gasteiger charge is 2.36. The van der Waals surface area contributed by atoms with E-state index >= 15 is 0 Å². The summed E-state index contributed by atoms with van der Waals surface area (Å²) < 4.78 is 37.2. The summed E-state index contributed by atoms with van der Waals surface area (Å²) in [6.07, 6.45) is 4.17. The van der Waals surface area contributed by atoms with Crippen LogP contribution in [0, 0.1) is 17.3 Å². The molecule has 1 aromatic rings. The van der Waals surface area contributed by atoms with Gasteiger partial charge in [-0.05, 0) is 86.0 Å². The summed E-state index contributed by atoms with van der Waals surface area (Å²) in [5.74, 6) is -0.684. The molecule has 0 N–H and O–H groups in total. The molecule has 0 aromatic heterocycles. The second-order valence-electron chi connectivity index (χ2n) is 10.2. The van der Waals surface area contributed by atoms with E-state index in [1.165, 1.54) is 22.9 Å². The SMILES string of the molecule is CCc1ccc2c(c1)N=C(C(C)(C)C)CC2CC1CCC(/C=C\C(=O)C(F)(F)F)CC1. The van der Waals surface area contributed by atoms with E-state index in [1.807, 2.05) is 0 Å². The number of nitrogens with zero attached hydrogens (tertiary/aromatic N) is 1. The van der Waals surface area contributed by atoms with Crippen molar-refractivity contribution >= 4 is 17.2 Å². The Bertz CT molecular complexity index is 852. The molecule has 0 saturated heterocycles. The monoisotopic (exact) mass is 433 g/mol. The van der Waals surface area contributed by atoms with Crippen molar-refractivity contribution < 1.29 is 18.0 Å². The lowest BCUT2D eigenvalue weighted by atomic mass is 9.72. The average Bonchev–Trinajstić information content (AvgIpc) is 2.71. The molecule has 1 aliphatic carbocycles. The minimum Gasteiger partial charge on any atom is -0.285 e. The fraction of sp³-hybridized carbons (Fsp3) is 0.615. The summed E-state index contributed by atoms with van der Waals surface area (Å²) in [5.41, 5.74) is 5.04. The van der Waals surface area contributed by atoms with Gasteiger partial charge in [0.1, 0.15) is 0 Å². The minimum atomic E-state index is -4.77. The zero-order chi connectivity index (χ0) is 22.8. The molecule has 1 heterocycles. The molecule has 31 heavy (non-hydrogen) atoms. The van der Waals surface area contributed by atoms with Gasteiger partial charge in [0.25, 0.3) is 5.78 Å². The van der Waals surface area contributed by atoms with Gasteiger partial charge in [-0.2, -0.15) is 13.2 Å². The summed E-state index contributed by atoms with van der Waals surface area (Å²) in [4.78, 5) is 16.1. The van der Waals surface area contributed by atoms with Gasteiger partial charge in [-0.1, -0.05) is 45.9 Å². The van der Waals surface area contributed by atoms with Crippen LogP contribution in [0.3, 0.4) is 0 Å². The third kappa shape index (κ3) is 6.08. The van der Waals surface area contributed by atoms with E-state index in [-0.39, 0.29) is 11.3 Å². The number of carbonyl (C=O) groups is 1. The van der Waals surface area contributed by atoms with Gasteiger partial charge in [0.15, 0.2) is 0 Å². The number of carbonyl (C=O) groups excluding carboxylic acids is 1. The summed E-state index contributed by atoms with van der Waals surface area (Å²) in [6.45, 7) is 8.82. The second kappa shape index (κ2) is 9.30. The molecule has 1 saturated carbocycles. The highest BCUT2D eigenvalue weighted by molar-refractivity contribution is 5.94. The Morgan fingerprint density at radius 1 is 1.13 bits per heavy atom. The number of benzene rings is 1. The number of ketones is 1. The predicted molar refractivity (Wildman–Crippen MR) is 120 cm³/mol. The van der Waals surface area contributed by atoms with Crippen LogP contribution in [-0.2, 0) is 11.2 Å². The van der Waals surface area contributed by atoms with Crippen LogP contribution in [0.2, 0.25) is 0 Å². The molecule has 2 nitrogen and oxygen atoms in total. The van der Waals surface area contributed by atoms with Crippen LogP contribution in [0.5, 0.6) is 0 Å². The highest BCUT2D eigenvalue weighted by Crippen LogP contribution is 2.44. The first-order valence-electron chi connectivity index (χ1n) is 11.5. The molecule has 3 rings (SSSR count). The van der Waals surface area contributed by atoms with Gasteiger partial charge in [-0.15, -0.1) is 0 Å². The van der Waals surface area contributed by atoms with Gasteiger partial charge >= 0.3 is 6.18 Å². The van der Waals surface area contributed by atoms with Crippen molar-refractivity contribution in [3.05, 3.63) is 41.5 Å². The molecular formula is C26H34F3NO. The fourth-order valence-corrected chi connectivity index (χ4v) is 4.81. The molecule has 5 heteroatoms. The molecule has 0 amide bonds. The molecule has 170 valence electrons. The number of halogens is 3. The number of fused-ring (bicyclic) bond motifs is 1. The van der Waals surface area contributed by atoms with Crippen LogP contribution < -0.4 is 0 Å². The lowest BCUT2D eigenvalue weighted by Crippen LogP contribution is -2.26. The number of hydrogen-bond donors (Lipinski definition) is 0. The van der Waals surface area contributed by atoms with Gasteiger partial charge < -0.3 is 0 Å². The maximum Gasteiger partial charge on any atom is 0.454 e. The van der Waals surface area contributed by atoms with E-state index in [1.54, 1.807) is 0 Å². The zero-order valence-electron chi connectivity index (χ0n) is 19.1. The maximum absolute atomic E-state index is 12.4. The van der Waals surface area contributed by atoms with Crippen molar-refractivity contribution in [1.29, 1.82) is 0 Å². The first-order valence-corrected chi connectivity index (χ1v) is 11.5. The van der Waals surface area contributed by atoms with Crippen LogP contribution >= 0.6 is 0 Å². The largest absolute Gasteiger partial charge is 0.454 e. The smallest absolute Gasteiger partial charge is 0.285 e. The third-order valence-corrected chi connectivity index (χ3v) is 6.81. The van der Waals surface area contributed by atoms with E-state index < -0.39 is 12.0 Å². The summed E-state index contributed by atoms with van der Waals surface area (Å²) in [5, 5.41) is 0. The van der Waals surface area contributed by atoms with E-state index in [0.717, 1.165) is 56.7 Å². The molecule has 1 aliphatic heterocycles. The van der Waals surface area contributed by atoms with Crippen LogP contribution in [0.4, 0.5) is 18.9 Å². The Kier molecular flexibility index (Phi) is 7.12.